The highest BCUT2D eigenvalue weighted by molar-refractivity contribution is 7.92. The Morgan fingerprint density at radius 2 is 1.93 bits per heavy atom. The summed E-state index contributed by atoms with van der Waals surface area (Å²) in [6, 6.07) is 13.6. The van der Waals surface area contributed by atoms with Crippen molar-refractivity contribution < 1.29 is 18.3 Å². The van der Waals surface area contributed by atoms with E-state index in [4.69, 9.17) is 0 Å². The molecule has 142 valence electrons. The molecule has 0 radical (unpaired) electrons. The van der Waals surface area contributed by atoms with Gasteiger partial charge in [-0.15, -0.1) is 0 Å². The standard InChI is InChI=1S/C20H22N2O4S/c1-13-6-5-7-15(10-13)27(25,26)21-11-18-20(16-8-3-4-9-17(16)21)19(12-23)22(18)14(2)24/h3-10,18-20,23H,11-12H2,1-2H3/t18-,19-,20+/m1/s1. The maximum atomic E-state index is 13.4. The van der Waals surface area contributed by atoms with Gasteiger partial charge in [-0.05, 0) is 36.2 Å². The van der Waals surface area contributed by atoms with Crippen molar-refractivity contribution >= 4 is 21.6 Å². The highest BCUT2D eigenvalue weighted by atomic mass is 32.2. The van der Waals surface area contributed by atoms with Crippen molar-refractivity contribution in [1.82, 2.24) is 4.90 Å². The minimum atomic E-state index is -3.76. The van der Waals surface area contributed by atoms with Gasteiger partial charge in [-0.1, -0.05) is 30.3 Å². The monoisotopic (exact) mass is 386 g/mol. The Bertz CT molecular complexity index is 1000. The molecule has 2 aliphatic rings. The first-order chi connectivity index (χ1) is 12.9. The first-order valence-corrected chi connectivity index (χ1v) is 10.4. The molecule has 1 fully saturated rings. The van der Waals surface area contributed by atoms with Gasteiger partial charge < -0.3 is 10.0 Å². The van der Waals surface area contributed by atoms with E-state index in [1.165, 1.54) is 11.2 Å². The van der Waals surface area contributed by atoms with Gasteiger partial charge in [0.05, 0.1) is 35.8 Å². The highest BCUT2D eigenvalue weighted by Crippen LogP contribution is 2.49. The summed E-state index contributed by atoms with van der Waals surface area (Å²) in [5, 5.41) is 9.78. The van der Waals surface area contributed by atoms with Gasteiger partial charge in [0.25, 0.3) is 10.0 Å². The number of likely N-dealkylation sites (tertiary alicyclic amines) is 1. The smallest absolute Gasteiger partial charge is 0.264 e. The van der Waals surface area contributed by atoms with Gasteiger partial charge in [-0.2, -0.15) is 0 Å². The molecule has 7 heteroatoms. The largest absolute Gasteiger partial charge is 0.394 e. The van der Waals surface area contributed by atoms with Gasteiger partial charge in [-0.3, -0.25) is 9.10 Å². The van der Waals surface area contributed by atoms with Crippen molar-refractivity contribution in [3.63, 3.8) is 0 Å². The number of sulfonamides is 1. The summed E-state index contributed by atoms with van der Waals surface area (Å²) in [6.45, 7) is 3.36. The molecule has 2 aromatic carbocycles. The van der Waals surface area contributed by atoms with E-state index in [0.29, 0.717) is 5.69 Å². The van der Waals surface area contributed by atoms with Crippen LogP contribution in [0.3, 0.4) is 0 Å². The van der Waals surface area contributed by atoms with Crippen LogP contribution in [0.4, 0.5) is 5.69 Å². The minimum Gasteiger partial charge on any atom is -0.394 e. The van der Waals surface area contributed by atoms with Crippen LogP contribution in [0.25, 0.3) is 0 Å². The van der Waals surface area contributed by atoms with Gasteiger partial charge >= 0.3 is 0 Å². The van der Waals surface area contributed by atoms with Crippen molar-refractivity contribution in [3.8, 4) is 0 Å². The summed E-state index contributed by atoms with van der Waals surface area (Å²) in [6.07, 6.45) is 0. The number of para-hydroxylation sites is 1. The van der Waals surface area contributed by atoms with Gasteiger partial charge in [0.15, 0.2) is 0 Å². The Morgan fingerprint density at radius 1 is 1.19 bits per heavy atom. The molecule has 1 saturated heterocycles. The summed E-state index contributed by atoms with van der Waals surface area (Å²) < 4.78 is 28.2. The number of hydrogen-bond acceptors (Lipinski definition) is 4. The molecule has 4 rings (SSSR count). The maximum absolute atomic E-state index is 13.4. The first kappa shape index (κ1) is 18.0. The zero-order valence-electron chi connectivity index (χ0n) is 15.2. The average molecular weight is 386 g/mol. The lowest BCUT2D eigenvalue weighted by Gasteiger charge is -2.58. The Kier molecular flexibility index (Phi) is 4.24. The molecule has 0 saturated carbocycles. The molecule has 3 atom stereocenters. The van der Waals surface area contributed by atoms with Crippen LogP contribution in [-0.2, 0) is 14.8 Å². The van der Waals surface area contributed by atoms with Gasteiger partial charge in [0.1, 0.15) is 0 Å². The van der Waals surface area contributed by atoms with E-state index in [0.717, 1.165) is 11.1 Å². The Balaban J connectivity index is 1.83. The van der Waals surface area contributed by atoms with Gasteiger partial charge in [0, 0.05) is 12.8 Å². The second-order valence-corrected chi connectivity index (χ2v) is 9.04. The number of anilines is 1. The molecule has 1 N–H and O–H groups in total. The van der Waals surface area contributed by atoms with E-state index in [1.807, 2.05) is 31.2 Å². The number of fused-ring (bicyclic) bond motifs is 3. The number of hydrogen-bond donors (Lipinski definition) is 1. The number of aliphatic hydroxyl groups excluding tert-OH is 1. The second-order valence-electron chi connectivity index (χ2n) is 7.18. The third-order valence-corrected chi connectivity index (χ3v) is 7.37. The van der Waals surface area contributed by atoms with E-state index >= 15 is 0 Å². The number of rotatable bonds is 3. The fourth-order valence-corrected chi connectivity index (χ4v) is 6.04. The SMILES string of the molecule is CC(=O)N1[C@H](CO)[C@H]2c3ccccc3N(S(=O)(=O)c3cccc(C)c3)C[C@H]21. The molecule has 0 unspecified atom stereocenters. The Labute approximate surface area is 159 Å². The molecule has 2 aliphatic heterocycles. The van der Waals surface area contributed by atoms with Crippen molar-refractivity contribution in [3.05, 3.63) is 59.7 Å². The molecule has 0 spiro atoms. The lowest BCUT2D eigenvalue weighted by atomic mass is 9.72. The molecular formula is C20H22N2O4S. The lowest BCUT2D eigenvalue weighted by Crippen LogP contribution is -2.70. The fourth-order valence-electron chi connectivity index (χ4n) is 4.43. The van der Waals surface area contributed by atoms with Crippen LogP contribution in [0.2, 0.25) is 0 Å². The van der Waals surface area contributed by atoms with E-state index in [9.17, 15) is 18.3 Å². The third kappa shape index (κ3) is 2.64. The van der Waals surface area contributed by atoms with Crippen LogP contribution in [0.5, 0.6) is 0 Å². The number of carbonyl (C=O) groups is 1. The first-order valence-electron chi connectivity index (χ1n) is 8.94. The molecular weight excluding hydrogens is 364 g/mol. The number of aliphatic hydroxyl groups is 1. The molecule has 0 aromatic heterocycles. The normalized spacial score (nSPS) is 24.0. The Morgan fingerprint density at radius 3 is 2.59 bits per heavy atom. The predicted octanol–water partition coefficient (Wildman–Crippen LogP) is 1.88. The van der Waals surface area contributed by atoms with Crippen molar-refractivity contribution in [2.75, 3.05) is 17.5 Å². The van der Waals surface area contributed by atoms with Gasteiger partial charge in [0.2, 0.25) is 5.91 Å². The lowest BCUT2D eigenvalue weighted by molar-refractivity contribution is -0.147. The zero-order chi connectivity index (χ0) is 19.3. The number of nitrogens with zero attached hydrogens (tertiary/aromatic N) is 2. The molecule has 2 aromatic rings. The highest BCUT2D eigenvalue weighted by Gasteiger charge is 2.55. The second kappa shape index (κ2) is 6.35. The van der Waals surface area contributed by atoms with Crippen LogP contribution in [0.15, 0.2) is 53.4 Å². The van der Waals surface area contributed by atoms with Crippen molar-refractivity contribution in [2.24, 2.45) is 0 Å². The molecule has 27 heavy (non-hydrogen) atoms. The summed E-state index contributed by atoms with van der Waals surface area (Å²) in [5.74, 6) is -0.207. The van der Waals surface area contributed by atoms with Crippen LogP contribution < -0.4 is 4.31 Å². The molecule has 0 bridgehead atoms. The topological polar surface area (TPSA) is 77.9 Å². The number of amides is 1. The summed E-state index contributed by atoms with van der Waals surface area (Å²) >= 11 is 0. The summed E-state index contributed by atoms with van der Waals surface area (Å²) in [7, 11) is -3.76. The van der Waals surface area contributed by atoms with Crippen LogP contribution in [-0.4, -0.2) is 49.6 Å². The number of carbonyl (C=O) groups excluding carboxylic acids is 1. The molecule has 6 nitrogen and oxygen atoms in total. The van der Waals surface area contributed by atoms with E-state index in [1.54, 1.807) is 29.2 Å². The molecule has 1 amide bonds. The van der Waals surface area contributed by atoms with E-state index in [2.05, 4.69) is 0 Å². The molecule has 0 aliphatic carbocycles. The zero-order valence-corrected chi connectivity index (χ0v) is 16.1. The molecule has 2 heterocycles. The maximum Gasteiger partial charge on any atom is 0.264 e. The van der Waals surface area contributed by atoms with Crippen LogP contribution in [0, 0.1) is 6.92 Å². The van der Waals surface area contributed by atoms with Crippen molar-refractivity contribution in [1.29, 1.82) is 0 Å². The van der Waals surface area contributed by atoms with E-state index in [-0.39, 0.29) is 42.0 Å². The van der Waals surface area contributed by atoms with Gasteiger partial charge in [-0.25, -0.2) is 8.42 Å². The minimum absolute atomic E-state index is 0.0564. The van der Waals surface area contributed by atoms with E-state index < -0.39 is 10.0 Å². The predicted molar refractivity (Wildman–Crippen MR) is 102 cm³/mol. The number of aryl methyl sites for hydroxylation is 1. The third-order valence-electron chi connectivity index (χ3n) is 5.59. The fraction of sp³-hybridized carbons (Fsp3) is 0.350. The van der Waals surface area contributed by atoms with Crippen molar-refractivity contribution in [2.45, 2.75) is 36.7 Å². The average Bonchev–Trinajstić information content (AvgIpc) is 2.61. The number of benzene rings is 2. The Hall–Kier alpha value is -2.38. The summed E-state index contributed by atoms with van der Waals surface area (Å²) in [5.41, 5.74) is 2.36. The summed E-state index contributed by atoms with van der Waals surface area (Å²) in [4.78, 5) is 13.9. The van der Waals surface area contributed by atoms with Crippen LogP contribution in [0.1, 0.15) is 24.0 Å². The quantitative estimate of drug-likeness (QED) is 0.874. The van der Waals surface area contributed by atoms with Crippen LogP contribution >= 0.6 is 0 Å².